The second-order valence-electron chi connectivity index (χ2n) is 3.99. The van der Waals surface area contributed by atoms with Crippen LogP contribution in [0.15, 0.2) is 42.7 Å². The van der Waals surface area contributed by atoms with Crippen molar-refractivity contribution in [2.24, 2.45) is 0 Å². The molecule has 2 aromatic heterocycles. The van der Waals surface area contributed by atoms with E-state index >= 15 is 0 Å². The van der Waals surface area contributed by atoms with Crippen LogP contribution in [0, 0.1) is 6.92 Å². The predicted molar refractivity (Wildman–Crippen MR) is 68.8 cm³/mol. The lowest BCUT2D eigenvalue weighted by atomic mass is 10.1. The van der Waals surface area contributed by atoms with Crippen LogP contribution in [0.3, 0.4) is 0 Å². The number of hydrogen-bond acceptors (Lipinski definition) is 6. The standard InChI is InChI=1S/C13H10N6/c1-9-3-5-10(6-4-9)11-16-18-13(19-17-11)12-14-7-2-8-15-12/h2-8H,1H3. The summed E-state index contributed by atoms with van der Waals surface area (Å²) in [7, 11) is 0. The molecule has 0 bridgehead atoms. The van der Waals surface area contributed by atoms with E-state index in [0.717, 1.165) is 5.56 Å². The average Bonchev–Trinajstić information content (AvgIpc) is 2.49. The van der Waals surface area contributed by atoms with Crippen LogP contribution in [0.25, 0.3) is 23.0 Å². The Labute approximate surface area is 109 Å². The molecule has 0 fully saturated rings. The third-order valence-corrected chi connectivity index (χ3v) is 2.55. The van der Waals surface area contributed by atoms with Gasteiger partial charge in [0.2, 0.25) is 17.5 Å². The van der Waals surface area contributed by atoms with Gasteiger partial charge in [-0.15, -0.1) is 20.4 Å². The number of aryl methyl sites for hydroxylation is 1. The van der Waals surface area contributed by atoms with Crippen molar-refractivity contribution < 1.29 is 0 Å². The third kappa shape index (κ3) is 2.42. The lowest BCUT2D eigenvalue weighted by Crippen LogP contribution is -2.01. The summed E-state index contributed by atoms with van der Waals surface area (Å²) in [5.41, 5.74) is 2.06. The molecule has 0 atom stereocenters. The minimum absolute atomic E-state index is 0.316. The monoisotopic (exact) mass is 250 g/mol. The van der Waals surface area contributed by atoms with Gasteiger partial charge in [-0.05, 0) is 13.0 Å². The van der Waals surface area contributed by atoms with E-state index in [0.29, 0.717) is 17.5 Å². The molecule has 0 spiro atoms. The van der Waals surface area contributed by atoms with Gasteiger partial charge in [0.15, 0.2) is 0 Å². The number of aromatic nitrogens is 6. The molecular formula is C13H10N6. The molecule has 92 valence electrons. The zero-order chi connectivity index (χ0) is 13.1. The van der Waals surface area contributed by atoms with E-state index in [1.54, 1.807) is 18.5 Å². The molecule has 1 aromatic carbocycles. The van der Waals surface area contributed by atoms with Crippen molar-refractivity contribution >= 4 is 0 Å². The van der Waals surface area contributed by atoms with Crippen LogP contribution in [0.5, 0.6) is 0 Å². The topological polar surface area (TPSA) is 77.3 Å². The molecule has 2 heterocycles. The first kappa shape index (κ1) is 11.3. The number of nitrogens with zero attached hydrogens (tertiary/aromatic N) is 6. The maximum Gasteiger partial charge on any atom is 0.240 e. The maximum absolute atomic E-state index is 4.05. The Morgan fingerprint density at radius 2 is 1.26 bits per heavy atom. The van der Waals surface area contributed by atoms with Gasteiger partial charge >= 0.3 is 0 Å². The van der Waals surface area contributed by atoms with Crippen molar-refractivity contribution in [3.63, 3.8) is 0 Å². The molecule has 6 nitrogen and oxygen atoms in total. The molecule has 0 saturated heterocycles. The van der Waals surface area contributed by atoms with E-state index in [1.165, 1.54) is 5.56 Å². The third-order valence-electron chi connectivity index (χ3n) is 2.55. The Hall–Kier alpha value is -2.76. The van der Waals surface area contributed by atoms with Gasteiger partial charge in [-0.1, -0.05) is 29.8 Å². The Morgan fingerprint density at radius 3 is 1.89 bits per heavy atom. The fourth-order valence-electron chi connectivity index (χ4n) is 1.55. The summed E-state index contributed by atoms with van der Waals surface area (Å²) >= 11 is 0. The lowest BCUT2D eigenvalue weighted by molar-refractivity contribution is 0.862. The summed E-state index contributed by atoms with van der Waals surface area (Å²) < 4.78 is 0. The van der Waals surface area contributed by atoms with E-state index in [9.17, 15) is 0 Å². The van der Waals surface area contributed by atoms with Crippen LogP contribution in [0.4, 0.5) is 0 Å². The number of hydrogen-bond donors (Lipinski definition) is 0. The van der Waals surface area contributed by atoms with Crippen molar-refractivity contribution in [2.45, 2.75) is 6.92 Å². The summed E-state index contributed by atoms with van der Waals surface area (Å²) in [5.74, 6) is 1.22. The summed E-state index contributed by atoms with van der Waals surface area (Å²) in [6, 6.07) is 9.59. The molecule has 0 unspecified atom stereocenters. The van der Waals surface area contributed by atoms with Crippen molar-refractivity contribution in [1.29, 1.82) is 0 Å². The van der Waals surface area contributed by atoms with Crippen molar-refractivity contribution in [3.8, 4) is 23.0 Å². The Kier molecular flexibility index (Phi) is 2.89. The van der Waals surface area contributed by atoms with Crippen LogP contribution >= 0.6 is 0 Å². The van der Waals surface area contributed by atoms with Crippen LogP contribution in [0.1, 0.15) is 5.56 Å². The van der Waals surface area contributed by atoms with Gasteiger partial charge in [0, 0.05) is 18.0 Å². The molecule has 0 aliphatic rings. The Morgan fingerprint density at radius 1 is 0.684 bits per heavy atom. The van der Waals surface area contributed by atoms with Crippen LogP contribution in [0.2, 0.25) is 0 Å². The van der Waals surface area contributed by atoms with Gasteiger partial charge in [0.25, 0.3) is 0 Å². The van der Waals surface area contributed by atoms with E-state index in [4.69, 9.17) is 0 Å². The normalized spacial score (nSPS) is 10.4. The first-order chi connectivity index (χ1) is 9.33. The highest BCUT2D eigenvalue weighted by atomic mass is 15.3. The minimum atomic E-state index is 0.316. The van der Waals surface area contributed by atoms with E-state index in [-0.39, 0.29) is 0 Å². The van der Waals surface area contributed by atoms with Crippen molar-refractivity contribution in [2.75, 3.05) is 0 Å². The highest BCUT2D eigenvalue weighted by molar-refractivity contribution is 5.54. The molecule has 19 heavy (non-hydrogen) atoms. The van der Waals surface area contributed by atoms with Gasteiger partial charge < -0.3 is 0 Å². The zero-order valence-corrected chi connectivity index (χ0v) is 10.2. The highest BCUT2D eigenvalue weighted by Gasteiger charge is 2.07. The predicted octanol–water partition coefficient (Wildman–Crippen LogP) is 1.70. The largest absolute Gasteiger partial charge is 0.240 e. The van der Waals surface area contributed by atoms with Gasteiger partial charge in [0.05, 0.1) is 0 Å². The molecule has 3 rings (SSSR count). The van der Waals surface area contributed by atoms with Gasteiger partial charge in [-0.25, -0.2) is 9.97 Å². The van der Waals surface area contributed by atoms with Crippen LogP contribution < -0.4 is 0 Å². The summed E-state index contributed by atoms with van der Waals surface area (Å²) in [5, 5.41) is 16.1. The number of rotatable bonds is 2. The molecule has 6 heteroatoms. The van der Waals surface area contributed by atoms with Gasteiger partial charge in [-0.3, -0.25) is 0 Å². The Bertz CT molecular complexity index is 664. The number of benzene rings is 1. The first-order valence-electron chi connectivity index (χ1n) is 5.75. The fourth-order valence-corrected chi connectivity index (χ4v) is 1.55. The van der Waals surface area contributed by atoms with Gasteiger partial charge in [0.1, 0.15) is 0 Å². The zero-order valence-electron chi connectivity index (χ0n) is 10.2. The highest BCUT2D eigenvalue weighted by Crippen LogP contribution is 2.14. The second-order valence-corrected chi connectivity index (χ2v) is 3.99. The molecule has 3 aromatic rings. The SMILES string of the molecule is Cc1ccc(-c2nnc(-c3ncccn3)nn2)cc1. The van der Waals surface area contributed by atoms with E-state index in [2.05, 4.69) is 30.4 Å². The van der Waals surface area contributed by atoms with Gasteiger partial charge in [-0.2, -0.15) is 0 Å². The van der Waals surface area contributed by atoms with Crippen LogP contribution in [-0.4, -0.2) is 30.4 Å². The Balaban J connectivity index is 1.93. The second kappa shape index (κ2) is 4.85. The fraction of sp³-hybridized carbons (Fsp3) is 0.0769. The molecule has 0 saturated carbocycles. The van der Waals surface area contributed by atoms with Crippen molar-refractivity contribution in [3.05, 3.63) is 48.3 Å². The molecular weight excluding hydrogens is 240 g/mol. The van der Waals surface area contributed by atoms with Crippen LogP contribution in [-0.2, 0) is 0 Å². The average molecular weight is 250 g/mol. The van der Waals surface area contributed by atoms with E-state index in [1.807, 2.05) is 31.2 Å². The minimum Gasteiger partial charge on any atom is -0.234 e. The van der Waals surface area contributed by atoms with Crippen molar-refractivity contribution in [1.82, 2.24) is 30.4 Å². The summed E-state index contributed by atoms with van der Waals surface area (Å²) in [6.45, 7) is 2.02. The summed E-state index contributed by atoms with van der Waals surface area (Å²) in [4.78, 5) is 8.09. The molecule has 0 aliphatic carbocycles. The van der Waals surface area contributed by atoms with E-state index < -0.39 is 0 Å². The quantitative estimate of drug-likeness (QED) is 0.688. The molecule has 0 N–H and O–H groups in total. The molecule has 0 amide bonds. The molecule has 0 radical (unpaired) electrons. The smallest absolute Gasteiger partial charge is 0.234 e. The first-order valence-corrected chi connectivity index (χ1v) is 5.75. The lowest BCUT2D eigenvalue weighted by Gasteiger charge is -2.00. The maximum atomic E-state index is 4.05. The summed E-state index contributed by atoms with van der Waals surface area (Å²) in [6.07, 6.45) is 3.25. The molecule has 0 aliphatic heterocycles.